The summed E-state index contributed by atoms with van der Waals surface area (Å²) >= 11 is 0. The number of nitrogens with two attached hydrogens (primary N) is 1. The molecule has 0 radical (unpaired) electrons. The number of aromatic nitrogens is 1. The second-order valence-electron chi connectivity index (χ2n) is 5.29. The van der Waals surface area contributed by atoms with Crippen molar-refractivity contribution in [1.82, 2.24) is 9.88 Å². The van der Waals surface area contributed by atoms with Crippen LogP contribution in [-0.2, 0) is 4.74 Å². The minimum atomic E-state index is -0.0218. The molecule has 1 aliphatic rings. The molecule has 0 spiro atoms. The van der Waals surface area contributed by atoms with Crippen LogP contribution in [0.5, 0.6) is 0 Å². The molecule has 1 aromatic heterocycles. The zero-order valence-corrected chi connectivity index (χ0v) is 11.7. The Kier molecular flexibility index (Phi) is 4.04. The lowest BCUT2D eigenvalue weighted by molar-refractivity contribution is 0.0711. The van der Waals surface area contributed by atoms with Gasteiger partial charge in [-0.25, -0.2) is 4.98 Å². The van der Waals surface area contributed by atoms with Crippen LogP contribution < -0.4 is 5.73 Å². The van der Waals surface area contributed by atoms with Crippen molar-refractivity contribution < 1.29 is 9.53 Å². The molecule has 1 aromatic rings. The van der Waals surface area contributed by atoms with Gasteiger partial charge in [-0.1, -0.05) is 13.8 Å². The number of carbonyl (C=O) groups excluding carboxylic acids is 1. The molecule has 1 amide bonds. The number of anilines is 1. The molecule has 0 saturated carbocycles. The predicted molar refractivity (Wildman–Crippen MR) is 74.1 cm³/mol. The number of likely N-dealkylation sites (N-methyl/N-ethyl adjacent to an activating group) is 1. The Bertz CT molecular complexity index is 468. The minimum absolute atomic E-state index is 0.0218. The molecule has 0 bridgehead atoms. The molecular formula is C14H21N3O2. The first-order valence-electron chi connectivity index (χ1n) is 6.61. The molecule has 1 saturated heterocycles. The third-order valence-electron chi connectivity index (χ3n) is 3.48. The minimum Gasteiger partial charge on any atom is -0.384 e. The summed E-state index contributed by atoms with van der Waals surface area (Å²) in [4.78, 5) is 18.4. The van der Waals surface area contributed by atoms with Crippen molar-refractivity contribution in [2.45, 2.75) is 32.2 Å². The number of amides is 1. The Morgan fingerprint density at radius 2 is 2.26 bits per heavy atom. The van der Waals surface area contributed by atoms with E-state index in [1.54, 1.807) is 11.0 Å². The molecule has 1 atom stereocenters. The van der Waals surface area contributed by atoms with E-state index < -0.39 is 0 Å². The number of hydrogen-bond donors (Lipinski definition) is 1. The lowest BCUT2D eigenvalue weighted by Crippen LogP contribution is -2.37. The number of nitrogen functional groups attached to an aromatic ring is 1. The zero-order chi connectivity index (χ0) is 14.0. The maximum atomic E-state index is 12.4. The maximum absolute atomic E-state index is 12.4. The Balaban J connectivity index is 2.22. The Morgan fingerprint density at radius 3 is 2.84 bits per heavy atom. The van der Waals surface area contributed by atoms with Crippen LogP contribution in [0, 0.1) is 0 Å². The van der Waals surface area contributed by atoms with Gasteiger partial charge in [0.15, 0.2) is 0 Å². The molecule has 1 fully saturated rings. The van der Waals surface area contributed by atoms with E-state index in [9.17, 15) is 4.79 Å². The molecule has 2 heterocycles. The van der Waals surface area contributed by atoms with Crippen LogP contribution in [0.25, 0.3) is 0 Å². The largest absolute Gasteiger partial charge is 0.384 e. The zero-order valence-electron chi connectivity index (χ0n) is 11.7. The van der Waals surface area contributed by atoms with Crippen molar-refractivity contribution in [2.75, 3.05) is 26.0 Å². The number of ether oxygens (including phenoxy) is 1. The lowest BCUT2D eigenvalue weighted by atomic mass is 10.1. The summed E-state index contributed by atoms with van der Waals surface area (Å²) in [6.07, 6.45) is 0.889. The lowest BCUT2D eigenvalue weighted by Gasteiger charge is -2.23. The van der Waals surface area contributed by atoms with Crippen molar-refractivity contribution in [3.05, 3.63) is 23.4 Å². The fraction of sp³-hybridized carbons (Fsp3) is 0.571. The molecular weight excluding hydrogens is 242 g/mol. The summed E-state index contributed by atoms with van der Waals surface area (Å²) in [6, 6.07) is 3.63. The highest BCUT2D eigenvalue weighted by molar-refractivity contribution is 5.95. The SMILES string of the molecule is CC(C)c1cc(C(=O)N(C)C2CCOC2)cc(N)n1. The topological polar surface area (TPSA) is 68.5 Å². The van der Waals surface area contributed by atoms with Crippen molar-refractivity contribution >= 4 is 11.7 Å². The summed E-state index contributed by atoms with van der Waals surface area (Å²) in [5.41, 5.74) is 7.23. The van der Waals surface area contributed by atoms with E-state index >= 15 is 0 Å². The van der Waals surface area contributed by atoms with Gasteiger partial charge in [0.05, 0.1) is 12.6 Å². The molecule has 5 nitrogen and oxygen atoms in total. The van der Waals surface area contributed by atoms with Crippen LogP contribution in [-0.4, -0.2) is 42.1 Å². The van der Waals surface area contributed by atoms with E-state index in [2.05, 4.69) is 4.98 Å². The van der Waals surface area contributed by atoms with E-state index in [4.69, 9.17) is 10.5 Å². The average Bonchev–Trinajstić information content (AvgIpc) is 2.90. The summed E-state index contributed by atoms with van der Waals surface area (Å²) in [5.74, 6) is 0.618. The normalized spacial score (nSPS) is 18.8. The Labute approximate surface area is 113 Å². The summed E-state index contributed by atoms with van der Waals surface area (Å²) in [7, 11) is 1.81. The molecule has 19 heavy (non-hydrogen) atoms. The van der Waals surface area contributed by atoms with Gasteiger partial charge in [0, 0.05) is 24.9 Å². The quantitative estimate of drug-likeness (QED) is 0.900. The molecule has 0 aliphatic carbocycles. The highest BCUT2D eigenvalue weighted by Gasteiger charge is 2.25. The van der Waals surface area contributed by atoms with Gasteiger partial charge in [0.2, 0.25) is 0 Å². The average molecular weight is 263 g/mol. The Hall–Kier alpha value is -1.62. The molecule has 0 aromatic carbocycles. The number of nitrogens with zero attached hydrogens (tertiary/aromatic N) is 2. The second-order valence-corrected chi connectivity index (χ2v) is 5.29. The number of carbonyl (C=O) groups is 1. The smallest absolute Gasteiger partial charge is 0.254 e. The van der Waals surface area contributed by atoms with Crippen LogP contribution in [0.15, 0.2) is 12.1 Å². The van der Waals surface area contributed by atoms with Crippen molar-refractivity contribution in [3.63, 3.8) is 0 Å². The van der Waals surface area contributed by atoms with E-state index in [1.807, 2.05) is 27.0 Å². The van der Waals surface area contributed by atoms with Crippen molar-refractivity contribution in [2.24, 2.45) is 0 Å². The third kappa shape index (κ3) is 3.04. The van der Waals surface area contributed by atoms with Gasteiger partial charge in [-0.15, -0.1) is 0 Å². The number of hydrogen-bond acceptors (Lipinski definition) is 4. The highest BCUT2D eigenvalue weighted by atomic mass is 16.5. The van der Waals surface area contributed by atoms with Gasteiger partial charge in [-0.2, -0.15) is 0 Å². The summed E-state index contributed by atoms with van der Waals surface area (Å²) in [5, 5.41) is 0. The highest BCUT2D eigenvalue weighted by Crippen LogP contribution is 2.19. The van der Waals surface area contributed by atoms with E-state index in [0.717, 1.165) is 18.7 Å². The van der Waals surface area contributed by atoms with Crippen LogP contribution in [0.1, 0.15) is 42.2 Å². The molecule has 1 aliphatic heterocycles. The number of rotatable bonds is 3. The first-order valence-corrected chi connectivity index (χ1v) is 6.61. The van der Waals surface area contributed by atoms with Crippen molar-refractivity contribution in [3.8, 4) is 0 Å². The van der Waals surface area contributed by atoms with Gasteiger partial charge < -0.3 is 15.4 Å². The molecule has 104 valence electrons. The van der Waals surface area contributed by atoms with Crippen LogP contribution in [0.3, 0.4) is 0 Å². The first-order chi connectivity index (χ1) is 8.99. The summed E-state index contributed by atoms with van der Waals surface area (Å²) in [6.45, 7) is 5.40. The molecule has 5 heteroatoms. The van der Waals surface area contributed by atoms with Crippen LogP contribution in [0.4, 0.5) is 5.82 Å². The monoisotopic (exact) mass is 263 g/mol. The van der Waals surface area contributed by atoms with Gasteiger partial charge >= 0.3 is 0 Å². The van der Waals surface area contributed by atoms with Crippen LogP contribution >= 0.6 is 0 Å². The van der Waals surface area contributed by atoms with E-state index in [0.29, 0.717) is 18.0 Å². The van der Waals surface area contributed by atoms with E-state index in [1.165, 1.54) is 0 Å². The fourth-order valence-electron chi connectivity index (χ4n) is 2.19. The second kappa shape index (κ2) is 5.57. The summed E-state index contributed by atoms with van der Waals surface area (Å²) < 4.78 is 5.32. The van der Waals surface area contributed by atoms with Gasteiger partial charge in [-0.3, -0.25) is 4.79 Å². The van der Waals surface area contributed by atoms with Crippen molar-refractivity contribution in [1.29, 1.82) is 0 Å². The Morgan fingerprint density at radius 1 is 1.53 bits per heavy atom. The fourth-order valence-corrected chi connectivity index (χ4v) is 2.19. The maximum Gasteiger partial charge on any atom is 0.254 e. The first kappa shape index (κ1) is 13.8. The number of pyridine rings is 1. The van der Waals surface area contributed by atoms with Gasteiger partial charge in [0.25, 0.3) is 5.91 Å². The predicted octanol–water partition coefficient (Wildman–Crippen LogP) is 1.65. The van der Waals surface area contributed by atoms with Gasteiger partial charge in [0.1, 0.15) is 5.82 Å². The standard InChI is InChI=1S/C14H21N3O2/c1-9(2)12-6-10(7-13(15)16-12)14(18)17(3)11-4-5-19-8-11/h6-7,9,11H,4-5,8H2,1-3H3,(H2,15,16). The van der Waals surface area contributed by atoms with Crippen LogP contribution in [0.2, 0.25) is 0 Å². The van der Waals surface area contributed by atoms with Gasteiger partial charge in [-0.05, 0) is 24.5 Å². The molecule has 1 unspecified atom stereocenters. The molecule has 2 rings (SSSR count). The van der Waals surface area contributed by atoms with E-state index in [-0.39, 0.29) is 17.9 Å². The third-order valence-corrected chi connectivity index (χ3v) is 3.48. The molecule has 2 N–H and O–H groups in total.